The van der Waals surface area contributed by atoms with Crippen LogP contribution in [0.25, 0.3) is 10.8 Å². The molecule has 0 saturated heterocycles. The molecule has 0 radical (unpaired) electrons. The van der Waals surface area contributed by atoms with E-state index in [1.165, 1.54) is 16.3 Å². The molecule has 126 valence electrons. The summed E-state index contributed by atoms with van der Waals surface area (Å²) in [6.45, 7) is 3.78. The molecule has 0 fully saturated rings. The van der Waals surface area contributed by atoms with Crippen LogP contribution in [0.1, 0.15) is 18.1 Å². The smallest absolute Gasteiger partial charge is 0.0788 e. The van der Waals surface area contributed by atoms with Crippen molar-refractivity contribution in [3.05, 3.63) is 70.2 Å². The molecule has 4 rings (SSSR count). The number of aliphatic imine (C=N–C) groups is 1. The van der Waals surface area contributed by atoms with Crippen LogP contribution < -0.4 is 4.90 Å². The average molecular weight is 395 g/mol. The lowest BCUT2D eigenvalue weighted by molar-refractivity contribution is 0.302. The molecule has 0 atom stereocenters. The van der Waals surface area contributed by atoms with Crippen molar-refractivity contribution < 1.29 is 5.11 Å². The zero-order valence-corrected chi connectivity index (χ0v) is 15.6. The first-order valence-corrected chi connectivity index (χ1v) is 9.28. The highest BCUT2D eigenvalue weighted by Crippen LogP contribution is 2.40. The second-order valence-corrected chi connectivity index (χ2v) is 6.96. The Hall–Kier alpha value is -2.17. The van der Waals surface area contributed by atoms with Crippen molar-refractivity contribution in [2.45, 2.75) is 6.92 Å². The number of likely N-dealkylation sites (N-methyl/N-ethyl adjacent to an activating group) is 1. The molecule has 1 aliphatic rings. The van der Waals surface area contributed by atoms with E-state index in [1.807, 2.05) is 0 Å². The maximum absolute atomic E-state index is 9.20. The SMILES string of the molecule is CCN(CCO)c1ccc(C2=Nc3ccc(Br)c4cccc2c34)cc1. The average Bonchev–Trinajstić information content (AvgIpc) is 3.03. The Morgan fingerprint density at radius 3 is 2.56 bits per heavy atom. The molecule has 1 heterocycles. The minimum Gasteiger partial charge on any atom is -0.395 e. The van der Waals surface area contributed by atoms with E-state index in [4.69, 9.17) is 4.99 Å². The van der Waals surface area contributed by atoms with Gasteiger partial charge in [-0.2, -0.15) is 0 Å². The number of aliphatic hydroxyl groups is 1. The third-order valence-corrected chi connectivity index (χ3v) is 5.40. The molecule has 3 nitrogen and oxygen atoms in total. The van der Waals surface area contributed by atoms with Crippen LogP contribution in [0.4, 0.5) is 11.4 Å². The quantitative estimate of drug-likeness (QED) is 0.522. The van der Waals surface area contributed by atoms with E-state index in [9.17, 15) is 5.11 Å². The van der Waals surface area contributed by atoms with Gasteiger partial charge in [-0.25, -0.2) is 4.99 Å². The van der Waals surface area contributed by atoms with Gasteiger partial charge in [0, 0.05) is 39.8 Å². The second-order valence-electron chi connectivity index (χ2n) is 6.11. The van der Waals surface area contributed by atoms with Gasteiger partial charge in [-0.05, 0) is 36.6 Å². The van der Waals surface area contributed by atoms with Crippen molar-refractivity contribution >= 4 is 43.8 Å². The summed E-state index contributed by atoms with van der Waals surface area (Å²) < 4.78 is 1.10. The van der Waals surface area contributed by atoms with Crippen LogP contribution in [-0.2, 0) is 0 Å². The lowest BCUT2D eigenvalue weighted by Crippen LogP contribution is -2.26. The van der Waals surface area contributed by atoms with Crippen LogP contribution in [0.3, 0.4) is 0 Å². The van der Waals surface area contributed by atoms with Crippen molar-refractivity contribution in [3.63, 3.8) is 0 Å². The summed E-state index contributed by atoms with van der Waals surface area (Å²) in [7, 11) is 0. The molecule has 0 aliphatic carbocycles. The molecule has 25 heavy (non-hydrogen) atoms. The molecule has 0 amide bonds. The van der Waals surface area contributed by atoms with Gasteiger partial charge in [0.25, 0.3) is 0 Å². The highest BCUT2D eigenvalue weighted by Gasteiger charge is 2.20. The minimum absolute atomic E-state index is 0.161. The van der Waals surface area contributed by atoms with Crippen molar-refractivity contribution in [2.24, 2.45) is 4.99 Å². The molecule has 0 saturated carbocycles. The topological polar surface area (TPSA) is 35.8 Å². The summed E-state index contributed by atoms with van der Waals surface area (Å²) in [4.78, 5) is 7.04. The predicted octanol–water partition coefficient (Wildman–Crippen LogP) is 4.90. The number of anilines is 1. The van der Waals surface area contributed by atoms with Crippen LogP contribution in [0, 0.1) is 0 Å². The first kappa shape index (κ1) is 16.3. The number of hydrogen-bond acceptors (Lipinski definition) is 3. The molecule has 3 aromatic rings. The molecule has 1 N–H and O–H groups in total. The maximum atomic E-state index is 9.20. The highest BCUT2D eigenvalue weighted by atomic mass is 79.9. The standard InChI is InChI=1S/C21H19BrN2O/c1-2-24(12-13-25)15-8-6-14(7-9-15)21-17-5-3-4-16-18(22)10-11-19(23-21)20(16)17/h3-11,25H,2,12-13H2,1H3. The van der Waals surface area contributed by atoms with Crippen LogP contribution in [0.5, 0.6) is 0 Å². The largest absolute Gasteiger partial charge is 0.395 e. The number of nitrogens with zero attached hydrogens (tertiary/aromatic N) is 2. The molecule has 0 unspecified atom stereocenters. The fourth-order valence-corrected chi connectivity index (χ4v) is 3.93. The highest BCUT2D eigenvalue weighted by molar-refractivity contribution is 9.10. The predicted molar refractivity (Wildman–Crippen MR) is 108 cm³/mol. The lowest BCUT2D eigenvalue weighted by atomic mass is 9.98. The zero-order valence-electron chi connectivity index (χ0n) is 14.0. The first-order chi connectivity index (χ1) is 12.2. The molecular formula is C21H19BrN2O. The van der Waals surface area contributed by atoms with Crippen molar-refractivity contribution in [2.75, 3.05) is 24.6 Å². The minimum atomic E-state index is 0.161. The summed E-state index contributed by atoms with van der Waals surface area (Å²) in [5.41, 5.74) is 5.48. The van der Waals surface area contributed by atoms with Crippen molar-refractivity contribution in [1.82, 2.24) is 0 Å². The van der Waals surface area contributed by atoms with Crippen molar-refractivity contribution in [3.8, 4) is 0 Å². The van der Waals surface area contributed by atoms with Crippen LogP contribution in [0.2, 0.25) is 0 Å². The number of hydrogen-bond donors (Lipinski definition) is 1. The fourth-order valence-electron chi connectivity index (χ4n) is 3.46. The first-order valence-electron chi connectivity index (χ1n) is 8.49. The molecular weight excluding hydrogens is 376 g/mol. The second kappa shape index (κ2) is 6.62. The van der Waals surface area contributed by atoms with Gasteiger partial charge in [-0.3, -0.25) is 0 Å². The van der Waals surface area contributed by atoms with Crippen LogP contribution in [-0.4, -0.2) is 30.5 Å². The maximum Gasteiger partial charge on any atom is 0.0788 e. The summed E-state index contributed by atoms with van der Waals surface area (Å²) in [6, 6.07) is 18.9. The van der Waals surface area contributed by atoms with Gasteiger partial charge >= 0.3 is 0 Å². The normalized spacial score (nSPS) is 12.5. The van der Waals surface area contributed by atoms with Gasteiger partial charge < -0.3 is 10.0 Å². The number of benzene rings is 3. The third kappa shape index (κ3) is 2.75. The zero-order chi connectivity index (χ0) is 17.4. The molecule has 0 aromatic heterocycles. The van der Waals surface area contributed by atoms with Crippen molar-refractivity contribution in [1.29, 1.82) is 0 Å². The Labute approximate surface area is 155 Å². The summed E-state index contributed by atoms with van der Waals surface area (Å²) in [5, 5.41) is 11.6. The van der Waals surface area contributed by atoms with E-state index < -0.39 is 0 Å². The number of halogens is 1. The van der Waals surface area contributed by atoms with E-state index in [2.05, 4.69) is 82.4 Å². The number of aliphatic hydroxyl groups excluding tert-OH is 1. The van der Waals surface area contributed by atoms with E-state index in [1.54, 1.807) is 0 Å². The molecule has 0 spiro atoms. The molecule has 0 bridgehead atoms. The monoisotopic (exact) mass is 394 g/mol. The van der Waals surface area contributed by atoms with E-state index in [0.717, 1.165) is 33.7 Å². The molecule has 4 heteroatoms. The third-order valence-electron chi connectivity index (χ3n) is 4.71. The van der Waals surface area contributed by atoms with E-state index in [0.29, 0.717) is 6.54 Å². The molecule has 1 aliphatic heterocycles. The Kier molecular flexibility index (Phi) is 4.32. The Bertz CT molecular complexity index is 964. The van der Waals surface area contributed by atoms with E-state index >= 15 is 0 Å². The summed E-state index contributed by atoms with van der Waals surface area (Å²) >= 11 is 3.64. The van der Waals surface area contributed by atoms with Gasteiger partial charge in [0.1, 0.15) is 0 Å². The van der Waals surface area contributed by atoms with Gasteiger partial charge in [-0.1, -0.05) is 46.3 Å². The van der Waals surface area contributed by atoms with Gasteiger partial charge in [0.15, 0.2) is 0 Å². The van der Waals surface area contributed by atoms with Crippen LogP contribution >= 0.6 is 15.9 Å². The lowest BCUT2D eigenvalue weighted by Gasteiger charge is -2.22. The Balaban J connectivity index is 1.74. The van der Waals surface area contributed by atoms with Crippen LogP contribution in [0.15, 0.2) is 64.1 Å². The van der Waals surface area contributed by atoms with Gasteiger partial charge in [0.2, 0.25) is 0 Å². The Morgan fingerprint density at radius 2 is 1.84 bits per heavy atom. The van der Waals surface area contributed by atoms with Gasteiger partial charge in [-0.15, -0.1) is 0 Å². The summed E-state index contributed by atoms with van der Waals surface area (Å²) in [6.07, 6.45) is 0. The molecule has 3 aromatic carbocycles. The number of rotatable bonds is 5. The Morgan fingerprint density at radius 1 is 1.04 bits per heavy atom. The van der Waals surface area contributed by atoms with E-state index in [-0.39, 0.29) is 6.61 Å². The van der Waals surface area contributed by atoms with Gasteiger partial charge in [0.05, 0.1) is 18.0 Å². The fraction of sp³-hybridized carbons (Fsp3) is 0.190. The summed E-state index contributed by atoms with van der Waals surface area (Å²) in [5.74, 6) is 0.